The van der Waals surface area contributed by atoms with Gasteiger partial charge in [-0.1, -0.05) is 12.8 Å². The van der Waals surface area contributed by atoms with Crippen LogP contribution in [-0.2, 0) is 14.8 Å². The van der Waals surface area contributed by atoms with Crippen molar-refractivity contribution in [3.63, 3.8) is 0 Å². The largest absolute Gasteiger partial charge is 0.345 e. The molecule has 2 fully saturated rings. The Morgan fingerprint density at radius 3 is 2.52 bits per heavy atom. The van der Waals surface area contributed by atoms with Gasteiger partial charge >= 0.3 is 0 Å². The van der Waals surface area contributed by atoms with Gasteiger partial charge in [0.25, 0.3) is 0 Å². The van der Waals surface area contributed by atoms with Crippen LogP contribution in [0.4, 0.5) is 0 Å². The van der Waals surface area contributed by atoms with Crippen LogP contribution in [0.5, 0.6) is 0 Å². The van der Waals surface area contributed by atoms with Gasteiger partial charge in [-0.3, -0.25) is 4.79 Å². The van der Waals surface area contributed by atoms with E-state index in [0.717, 1.165) is 12.8 Å². The molecule has 0 spiro atoms. The van der Waals surface area contributed by atoms with Crippen LogP contribution in [0.3, 0.4) is 0 Å². The van der Waals surface area contributed by atoms with Crippen LogP contribution >= 0.6 is 12.4 Å². The number of carbonyl (C=O) groups excluding carboxylic acids is 1. The lowest BCUT2D eigenvalue weighted by molar-refractivity contribution is -0.138. The van der Waals surface area contributed by atoms with Gasteiger partial charge in [0.2, 0.25) is 15.9 Å². The van der Waals surface area contributed by atoms with Gasteiger partial charge in [-0.2, -0.15) is 4.31 Å². The van der Waals surface area contributed by atoms with E-state index >= 15 is 0 Å². The summed E-state index contributed by atoms with van der Waals surface area (Å²) in [6.45, 7) is 1.30. The summed E-state index contributed by atoms with van der Waals surface area (Å²) in [6.07, 6.45) is 6.49. The summed E-state index contributed by atoms with van der Waals surface area (Å²) in [5.41, 5.74) is 6.05. The molecule has 0 unspecified atom stereocenters. The molecule has 1 aliphatic carbocycles. The smallest absolute Gasteiger partial charge is 0.245 e. The summed E-state index contributed by atoms with van der Waals surface area (Å²) in [5, 5.41) is 0.581. The molecular weight excluding hydrogens is 390 g/mol. The average Bonchev–Trinajstić information content (AvgIpc) is 3.28. The SMILES string of the molecule is Cl.NC1(C(=O)N2CCN(S(=O)(=O)c3c[nH]c4ncccc34)CC2)CCCC1. The van der Waals surface area contributed by atoms with Crippen molar-refractivity contribution in [3.8, 4) is 0 Å². The Hall–Kier alpha value is -1.68. The predicted octanol–water partition coefficient (Wildman–Crippen LogP) is 1.09. The van der Waals surface area contributed by atoms with Crippen LogP contribution in [-0.4, -0.2) is 65.2 Å². The van der Waals surface area contributed by atoms with Gasteiger partial charge in [-0.15, -0.1) is 12.4 Å². The Morgan fingerprint density at radius 2 is 1.85 bits per heavy atom. The van der Waals surface area contributed by atoms with E-state index in [4.69, 9.17) is 5.73 Å². The molecule has 1 saturated heterocycles. The number of hydrogen-bond acceptors (Lipinski definition) is 5. The molecule has 2 aromatic heterocycles. The second kappa shape index (κ2) is 7.38. The second-order valence-electron chi connectivity index (χ2n) is 7.11. The number of nitrogens with zero attached hydrogens (tertiary/aromatic N) is 3. The van der Waals surface area contributed by atoms with Gasteiger partial charge in [0.15, 0.2) is 0 Å². The second-order valence-corrected chi connectivity index (χ2v) is 9.02. The normalized spacial score (nSPS) is 20.6. The first-order chi connectivity index (χ1) is 12.4. The molecule has 10 heteroatoms. The molecule has 0 aromatic carbocycles. The molecule has 2 aliphatic rings. The van der Waals surface area contributed by atoms with Crippen LogP contribution in [0, 0.1) is 0 Å². The first-order valence-corrected chi connectivity index (χ1v) is 10.4. The number of nitrogens with one attached hydrogen (secondary N) is 1. The lowest BCUT2D eigenvalue weighted by Gasteiger charge is -2.37. The van der Waals surface area contributed by atoms with E-state index in [9.17, 15) is 13.2 Å². The Kier molecular flexibility index (Phi) is 5.49. The predicted molar refractivity (Wildman–Crippen MR) is 104 cm³/mol. The van der Waals surface area contributed by atoms with E-state index < -0.39 is 15.6 Å². The number of fused-ring (bicyclic) bond motifs is 1. The van der Waals surface area contributed by atoms with Crippen LogP contribution in [0.25, 0.3) is 11.0 Å². The highest BCUT2D eigenvalue weighted by Crippen LogP contribution is 2.30. The standard InChI is InChI=1S/C17H23N5O3S.ClH/c18-17(5-1-2-6-17)16(23)21-8-10-22(11-9-21)26(24,25)14-12-20-15-13(14)4-3-7-19-15;/h3-4,7,12H,1-2,5-6,8-11,18H2,(H,19,20);1H. The number of piperazine rings is 1. The minimum Gasteiger partial charge on any atom is -0.345 e. The third kappa shape index (κ3) is 3.44. The maximum atomic E-state index is 13.0. The topological polar surface area (TPSA) is 112 Å². The number of aromatic amines is 1. The van der Waals surface area contributed by atoms with Crippen molar-refractivity contribution in [3.05, 3.63) is 24.5 Å². The van der Waals surface area contributed by atoms with Gasteiger partial charge in [0.05, 0.1) is 5.54 Å². The van der Waals surface area contributed by atoms with Crippen molar-refractivity contribution >= 4 is 39.4 Å². The van der Waals surface area contributed by atoms with E-state index in [2.05, 4.69) is 9.97 Å². The average molecular weight is 414 g/mol. The number of halogens is 1. The molecule has 0 bridgehead atoms. The first kappa shape index (κ1) is 20.1. The molecule has 2 aromatic rings. The van der Waals surface area contributed by atoms with E-state index in [0.29, 0.717) is 37.0 Å². The fourth-order valence-electron chi connectivity index (χ4n) is 3.95. The number of hydrogen-bond donors (Lipinski definition) is 2. The molecule has 3 N–H and O–H groups in total. The maximum absolute atomic E-state index is 13.0. The van der Waals surface area contributed by atoms with Crippen molar-refractivity contribution in [1.82, 2.24) is 19.2 Å². The molecule has 0 radical (unpaired) electrons. The highest BCUT2D eigenvalue weighted by atomic mass is 35.5. The van der Waals surface area contributed by atoms with Gasteiger partial charge < -0.3 is 15.6 Å². The quantitative estimate of drug-likeness (QED) is 0.782. The number of H-pyrrole nitrogens is 1. The van der Waals surface area contributed by atoms with E-state index in [-0.39, 0.29) is 36.3 Å². The minimum atomic E-state index is -3.64. The fourth-order valence-corrected chi connectivity index (χ4v) is 5.52. The maximum Gasteiger partial charge on any atom is 0.245 e. The molecule has 27 heavy (non-hydrogen) atoms. The molecule has 3 heterocycles. The Bertz CT molecular complexity index is 931. The van der Waals surface area contributed by atoms with Gasteiger partial charge in [-0.05, 0) is 25.0 Å². The number of carbonyl (C=O) groups is 1. The van der Waals surface area contributed by atoms with Crippen molar-refractivity contribution in [2.24, 2.45) is 5.73 Å². The van der Waals surface area contributed by atoms with Crippen molar-refractivity contribution in [2.45, 2.75) is 36.1 Å². The van der Waals surface area contributed by atoms with Crippen molar-refractivity contribution in [2.75, 3.05) is 26.2 Å². The number of nitrogens with two attached hydrogens (primary N) is 1. The van der Waals surface area contributed by atoms with Crippen LogP contribution in [0.2, 0.25) is 0 Å². The Labute approximate surface area is 164 Å². The molecule has 1 amide bonds. The van der Waals surface area contributed by atoms with Gasteiger partial charge in [0, 0.05) is 44.0 Å². The molecule has 1 saturated carbocycles. The van der Waals surface area contributed by atoms with Crippen LogP contribution < -0.4 is 5.73 Å². The number of aromatic nitrogens is 2. The molecule has 8 nitrogen and oxygen atoms in total. The van der Waals surface area contributed by atoms with E-state index in [1.54, 1.807) is 23.2 Å². The zero-order valence-electron chi connectivity index (χ0n) is 14.9. The summed E-state index contributed by atoms with van der Waals surface area (Å²) >= 11 is 0. The van der Waals surface area contributed by atoms with Crippen molar-refractivity contribution in [1.29, 1.82) is 0 Å². The lowest BCUT2D eigenvalue weighted by atomic mass is 9.97. The van der Waals surface area contributed by atoms with Crippen LogP contribution in [0.15, 0.2) is 29.4 Å². The monoisotopic (exact) mass is 413 g/mol. The Morgan fingerprint density at radius 1 is 1.19 bits per heavy atom. The Balaban J connectivity index is 0.00000210. The zero-order valence-corrected chi connectivity index (χ0v) is 16.6. The first-order valence-electron chi connectivity index (χ1n) is 8.92. The third-order valence-electron chi connectivity index (χ3n) is 5.48. The minimum absolute atomic E-state index is 0. The summed E-state index contributed by atoms with van der Waals surface area (Å²) in [5.74, 6) is -0.0386. The van der Waals surface area contributed by atoms with Crippen LogP contribution in [0.1, 0.15) is 25.7 Å². The molecule has 1 aliphatic heterocycles. The fraction of sp³-hybridized carbons (Fsp3) is 0.529. The summed E-state index contributed by atoms with van der Waals surface area (Å²) < 4.78 is 27.5. The van der Waals surface area contributed by atoms with Gasteiger partial charge in [-0.25, -0.2) is 13.4 Å². The number of rotatable bonds is 3. The third-order valence-corrected chi connectivity index (χ3v) is 7.42. The zero-order chi connectivity index (χ0) is 18.4. The highest BCUT2D eigenvalue weighted by Gasteiger charge is 2.41. The highest BCUT2D eigenvalue weighted by molar-refractivity contribution is 7.89. The van der Waals surface area contributed by atoms with E-state index in [1.165, 1.54) is 10.5 Å². The molecule has 4 rings (SSSR count). The number of pyridine rings is 1. The molecule has 148 valence electrons. The molecular formula is C17H24ClN5O3S. The number of sulfonamides is 1. The van der Waals surface area contributed by atoms with Gasteiger partial charge in [0.1, 0.15) is 10.5 Å². The van der Waals surface area contributed by atoms with Crippen molar-refractivity contribution < 1.29 is 13.2 Å². The van der Waals surface area contributed by atoms with E-state index in [1.807, 2.05) is 0 Å². The number of amides is 1. The summed E-state index contributed by atoms with van der Waals surface area (Å²) in [6, 6.07) is 3.46. The molecule has 0 atom stereocenters. The summed E-state index contributed by atoms with van der Waals surface area (Å²) in [7, 11) is -3.64. The lowest BCUT2D eigenvalue weighted by Crippen LogP contribution is -2.59. The summed E-state index contributed by atoms with van der Waals surface area (Å²) in [4.78, 5) is 21.7.